The monoisotopic (exact) mass is 250 g/mol. The van der Waals surface area contributed by atoms with Crippen LogP contribution >= 0.6 is 0 Å². The van der Waals surface area contributed by atoms with Crippen LogP contribution in [0.25, 0.3) is 0 Å². The first-order valence-electron chi connectivity index (χ1n) is 5.86. The van der Waals surface area contributed by atoms with Crippen molar-refractivity contribution >= 4 is 17.6 Å². The second-order valence-electron chi connectivity index (χ2n) is 4.22. The average Bonchev–Trinajstić information content (AvgIpc) is 2.31. The molecule has 1 rings (SSSR count). The summed E-state index contributed by atoms with van der Waals surface area (Å²) in [7, 11) is 0. The number of rotatable bonds is 5. The number of aromatic carboxylic acids is 1. The first-order chi connectivity index (χ1) is 8.45. The molecule has 0 aliphatic rings. The number of hydrogen-bond acceptors (Lipinski definition) is 3. The highest BCUT2D eigenvalue weighted by Crippen LogP contribution is 2.15. The Kier molecular flexibility index (Phi) is 4.85. The topological polar surface area (TPSA) is 92.4 Å². The highest BCUT2D eigenvalue weighted by molar-refractivity contribution is 5.97. The van der Waals surface area contributed by atoms with Gasteiger partial charge in [-0.1, -0.05) is 19.4 Å². The molecular formula is C13H18N2O3. The molecule has 0 unspecified atom stereocenters. The van der Waals surface area contributed by atoms with Gasteiger partial charge in [-0.2, -0.15) is 0 Å². The summed E-state index contributed by atoms with van der Waals surface area (Å²) in [4.78, 5) is 22.6. The van der Waals surface area contributed by atoms with Crippen LogP contribution < -0.4 is 11.1 Å². The smallest absolute Gasteiger partial charge is 0.336 e. The standard InChI is InChI=1S/C13H18N2O3/c1-3-4-11(14)12(16)15-9-6-5-8(2)10(7-9)13(17)18/h5-7,11H,3-4,14H2,1-2H3,(H,15,16)(H,17,18)/t11-/m0/s1. The van der Waals surface area contributed by atoms with Crippen LogP contribution in [0, 0.1) is 6.92 Å². The highest BCUT2D eigenvalue weighted by atomic mass is 16.4. The summed E-state index contributed by atoms with van der Waals surface area (Å²) in [6.45, 7) is 3.65. The zero-order valence-electron chi connectivity index (χ0n) is 10.6. The number of carboxylic acids is 1. The molecule has 0 spiro atoms. The fourth-order valence-corrected chi connectivity index (χ4v) is 1.61. The summed E-state index contributed by atoms with van der Waals surface area (Å²) in [6, 6.07) is 4.20. The van der Waals surface area contributed by atoms with E-state index in [1.165, 1.54) is 6.07 Å². The number of aryl methyl sites for hydroxylation is 1. The van der Waals surface area contributed by atoms with Gasteiger partial charge < -0.3 is 16.2 Å². The second-order valence-corrected chi connectivity index (χ2v) is 4.22. The van der Waals surface area contributed by atoms with Crippen molar-refractivity contribution < 1.29 is 14.7 Å². The quantitative estimate of drug-likeness (QED) is 0.742. The van der Waals surface area contributed by atoms with Gasteiger partial charge in [-0.05, 0) is 31.0 Å². The van der Waals surface area contributed by atoms with Gasteiger partial charge in [0.05, 0.1) is 11.6 Å². The molecule has 0 fully saturated rings. The number of benzene rings is 1. The van der Waals surface area contributed by atoms with Gasteiger partial charge in [0.2, 0.25) is 5.91 Å². The Morgan fingerprint density at radius 3 is 2.67 bits per heavy atom. The SMILES string of the molecule is CCC[C@H](N)C(=O)Nc1ccc(C)c(C(=O)O)c1. The van der Waals surface area contributed by atoms with E-state index in [-0.39, 0.29) is 11.5 Å². The Balaban J connectivity index is 2.82. The zero-order chi connectivity index (χ0) is 13.7. The fraction of sp³-hybridized carbons (Fsp3) is 0.385. The van der Waals surface area contributed by atoms with Crippen LogP contribution in [0.4, 0.5) is 5.69 Å². The van der Waals surface area contributed by atoms with Crippen molar-refractivity contribution in [3.8, 4) is 0 Å². The van der Waals surface area contributed by atoms with Crippen LogP contribution in [0.15, 0.2) is 18.2 Å². The number of nitrogens with two attached hydrogens (primary N) is 1. The molecule has 1 amide bonds. The Bertz CT molecular complexity index is 458. The number of hydrogen-bond donors (Lipinski definition) is 3. The maximum absolute atomic E-state index is 11.7. The maximum atomic E-state index is 11.7. The van der Waals surface area contributed by atoms with Crippen molar-refractivity contribution in [1.29, 1.82) is 0 Å². The van der Waals surface area contributed by atoms with Crippen molar-refractivity contribution in [2.24, 2.45) is 5.73 Å². The minimum absolute atomic E-state index is 0.178. The van der Waals surface area contributed by atoms with Gasteiger partial charge in [-0.3, -0.25) is 4.79 Å². The molecule has 5 nitrogen and oxygen atoms in total. The number of amides is 1. The van der Waals surface area contributed by atoms with Crippen molar-refractivity contribution in [1.82, 2.24) is 0 Å². The molecule has 5 heteroatoms. The van der Waals surface area contributed by atoms with Crippen LogP contribution in [0.3, 0.4) is 0 Å². The Hall–Kier alpha value is -1.88. The van der Waals surface area contributed by atoms with Crippen LogP contribution in [0.2, 0.25) is 0 Å². The molecule has 0 saturated carbocycles. The normalized spacial score (nSPS) is 11.9. The van der Waals surface area contributed by atoms with Crippen molar-refractivity contribution in [2.45, 2.75) is 32.7 Å². The Labute approximate surface area is 106 Å². The molecule has 98 valence electrons. The largest absolute Gasteiger partial charge is 0.478 e. The van der Waals surface area contributed by atoms with E-state index in [1.54, 1.807) is 19.1 Å². The molecule has 0 aliphatic heterocycles. The molecule has 0 heterocycles. The zero-order valence-corrected chi connectivity index (χ0v) is 10.6. The summed E-state index contributed by atoms with van der Waals surface area (Å²) >= 11 is 0. The third-order valence-corrected chi connectivity index (χ3v) is 2.67. The van der Waals surface area contributed by atoms with E-state index in [2.05, 4.69) is 5.32 Å². The van der Waals surface area contributed by atoms with Gasteiger partial charge >= 0.3 is 5.97 Å². The second kappa shape index (κ2) is 6.16. The van der Waals surface area contributed by atoms with Gasteiger partial charge in [0.25, 0.3) is 0 Å². The molecule has 1 aromatic carbocycles. The summed E-state index contributed by atoms with van der Waals surface area (Å²) in [5.74, 6) is -1.31. The fourth-order valence-electron chi connectivity index (χ4n) is 1.61. The molecule has 0 saturated heterocycles. The number of anilines is 1. The van der Waals surface area contributed by atoms with E-state index in [9.17, 15) is 9.59 Å². The van der Waals surface area contributed by atoms with Crippen molar-refractivity contribution in [2.75, 3.05) is 5.32 Å². The molecule has 0 bridgehead atoms. The lowest BCUT2D eigenvalue weighted by molar-refractivity contribution is -0.117. The third-order valence-electron chi connectivity index (χ3n) is 2.67. The number of carbonyl (C=O) groups is 2. The minimum atomic E-state index is -1.01. The van der Waals surface area contributed by atoms with Gasteiger partial charge in [0.1, 0.15) is 0 Å². The lowest BCUT2D eigenvalue weighted by Gasteiger charge is -2.12. The third kappa shape index (κ3) is 3.56. The molecule has 0 radical (unpaired) electrons. The minimum Gasteiger partial charge on any atom is -0.478 e. The van der Waals surface area contributed by atoms with E-state index in [1.807, 2.05) is 6.92 Å². The molecule has 0 aromatic heterocycles. The predicted octanol–water partition coefficient (Wildman–Crippen LogP) is 1.76. The summed E-state index contributed by atoms with van der Waals surface area (Å²) in [5.41, 5.74) is 6.96. The number of carbonyl (C=O) groups excluding carboxylic acids is 1. The molecule has 1 aromatic rings. The van der Waals surface area contributed by atoms with Crippen molar-refractivity contribution in [3.63, 3.8) is 0 Å². The summed E-state index contributed by atoms with van der Waals surface area (Å²) in [5, 5.41) is 11.6. The van der Waals surface area contributed by atoms with Crippen LogP contribution in [0.5, 0.6) is 0 Å². The number of nitrogens with one attached hydrogen (secondary N) is 1. The van der Waals surface area contributed by atoms with Gasteiger partial charge in [0.15, 0.2) is 0 Å². The molecule has 18 heavy (non-hydrogen) atoms. The van der Waals surface area contributed by atoms with E-state index in [4.69, 9.17) is 10.8 Å². The average molecular weight is 250 g/mol. The van der Waals surface area contributed by atoms with Crippen LogP contribution in [-0.2, 0) is 4.79 Å². The molecule has 1 atom stereocenters. The van der Waals surface area contributed by atoms with E-state index in [0.29, 0.717) is 17.7 Å². The predicted molar refractivity (Wildman–Crippen MR) is 69.7 cm³/mol. The Morgan fingerprint density at radius 1 is 1.44 bits per heavy atom. The molecular weight excluding hydrogens is 232 g/mol. The van der Waals surface area contributed by atoms with Crippen LogP contribution in [-0.4, -0.2) is 23.0 Å². The summed E-state index contributed by atoms with van der Waals surface area (Å²) in [6.07, 6.45) is 1.42. The lowest BCUT2D eigenvalue weighted by atomic mass is 10.1. The first kappa shape index (κ1) is 14.2. The van der Waals surface area contributed by atoms with Crippen LogP contribution in [0.1, 0.15) is 35.7 Å². The van der Waals surface area contributed by atoms with Gasteiger partial charge in [0, 0.05) is 5.69 Å². The first-order valence-corrected chi connectivity index (χ1v) is 5.86. The van der Waals surface area contributed by atoms with Gasteiger partial charge in [-0.15, -0.1) is 0 Å². The Morgan fingerprint density at radius 2 is 2.11 bits per heavy atom. The van der Waals surface area contributed by atoms with Gasteiger partial charge in [-0.25, -0.2) is 4.79 Å². The van der Waals surface area contributed by atoms with E-state index >= 15 is 0 Å². The number of carboxylic acid groups (broad SMARTS) is 1. The summed E-state index contributed by atoms with van der Waals surface area (Å²) < 4.78 is 0. The lowest BCUT2D eigenvalue weighted by Crippen LogP contribution is -2.35. The van der Waals surface area contributed by atoms with Crippen molar-refractivity contribution in [3.05, 3.63) is 29.3 Å². The van der Waals surface area contributed by atoms with E-state index in [0.717, 1.165) is 6.42 Å². The highest BCUT2D eigenvalue weighted by Gasteiger charge is 2.14. The van der Waals surface area contributed by atoms with E-state index < -0.39 is 12.0 Å². The maximum Gasteiger partial charge on any atom is 0.336 e. The molecule has 4 N–H and O–H groups in total. The molecule has 0 aliphatic carbocycles.